The molecule has 0 aliphatic carbocycles. The number of amides is 1. The minimum atomic E-state index is -0.151. The van der Waals surface area contributed by atoms with Crippen molar-refractivity contribution in [1.82, 2.24) is 15.3 Å². The normalized spacial score (nSPS) is 10.7. The zero-order valence-electron chi connectivity index (χ0n) is 8.47. The van der Waals surface area contributed by atoms with Crippen LogP contribution in [0.1, 0.15) is 17.4 Å². The molecule has 6 heteroatoms. The molecule has 0 aliphatic rings. The van der Waals surface area contributed by atoms with E-state index in [0.29, 0.717) is 22.9 Å². The van der Waals surface area contributed by atoms with Crippen LogP contribution in [0, 0.1) is 0 Å². The van der Waals surface area contributed by atoms with E-state index in [2.05, 4.69) is 31.2 Å². The predicted molar refractivity (Wildman–Crippen MR) is 66.8 cm³/mol. The van der Waals surface area contributed by atoms with E-state index >= 15 is 0 Å². The van der Waals surface area contributed by atoms with E-state index < -0.39 is 0 Å². The third-order valence-electron chi connectivity index (χ3n) is 2.15. The fourth-order valence-electron chi connectivity index (χ4n) is 1.43. The minimum absolute atomic E-state index is 0.151. The van der Waals surface area contributed by atoms with Crippen molar-refractivity contribution >= 4 is 44.3 Å². The first-order valence-electron chi connectivity index (χ1n) is 4.74. The number of H-pyrrole nitrogens is 1. The van der Waals surface area contributed by atoms with Crippen molar-refractivity contribution in [2.24, 2.45) is 0 Å². The van der Waals surface area contributed by atoms with Crippen molar-refractivity contribution in [1.29, 1.82) is 0 Å². The van der Waals surface area contributed by atoms with Crippen molar-refractivity contribution in [3.05, 3.63) is 27.6 Å². The van der Waals surface area contributed by atoms with Crippen LogP contribution in [0.15, 0.2) is 16.7 Å². The van der Waals surface area contributed by atoms with Gasteiger partial charge in [0, 0.05) is 22.6 Å². The van der Waals surface area contributed by atoms with E-state index in [1.807, 2.05) is 6.92 Å². The number of aromatic nitrogens is 2. The average molecular weight is 303 g/mol. The Kier molecular flexibility index (Phi) is 3.16. The number of pyridine rings is 1. The second-order valence-electron chi connectivity index (χ2n) is 3.23. The molecule has 0 saturated carbocycles. The summed E-state index contributed by atoms with van der Waals surface area (Å²) in [4.78, 5) is 18.5. The molecule has 16 heavy (non-hydrogen) atoms. The lowest BCUT2D eigenvalue weighted by Crippen LogP contribution is -2.22. The lowest BCUT2D eigenvalue weighted by Gasteiger charge is -1.97. The molecule has 1 amide bonds. The molecular weight excluding hydrogens is 293 g/mol. The molecule has 84 valence electrons. The van der Waals surface area contributed by atoms with Crippen molar-refractivity contribution in [2.45, 2.75) is 6.92 Å². The van der Waals surface area contributed by atoms with E-state index in [4.69, 9.17) is 11.6 Å². The fraction of sp³-hybridized carbons (Fsp3) is 0.200. The van der Waals surface area contributed by atoms with Crippen LogP contribution in [0.5, 0.6) is 0 Å². The zero-order chi connectivity index (χ0) is 11.7. The number of carbonyl (C=O) groups is 1. The zero-order valence-corrected chi connectivity index (χ0v) is 10.8. The van der Waals surface area contributed by atoms with Gasteiger partial charge in [0.05, 0.1) is 5.52 Å². The van der Waals surface area contributed by atoms with Crippen LogP contribution in [0.3, 0.4) is 0 Å². The van der Waals surface area contributed by atoms with Crippen molar-refractivity contribution in [3.63, 3.8) is 0 Å². The van der Waals surface area contributed by atoms with Crippen LogP contribution < -0.4 is 5.32 Å². The molecule has 0 spiro atoms. The highest BCUT2D eigenvalue weighted by Gasteiger charge is 2.12. The molecule has 0 fully saturated rings. The molecular formula is C10H9BrClN3O. The summed E-state index contributed by atoms with van der Waals surface area (Å²) in [7, 11) is 0. The number of rotatable bonds is 2. The molecule has 2 aromatic heterocycles. The molecule has 0 radical (unpaired) electrons. The molecule has 2 rings (SSSR count). The number of carbonyl (C=O) groups excluding carboxylic acids is 1. The molecule has 2 aromatic rings. The number of fused-ring (bicyclic) bond motifs is 1. The second-order valence-corrected chi connectivity index (χ2v) is 4.44. The smallest absolute Gasteiger partial charge is 0.267 e. The van der Waals surface area contributed by atoms with E-state index in [9.17, 15) is 4.79 Å². The van der Waals surface area contributed by atoms with Crippen LogP contribution in [-0.2, 0) is 0 Å². The van der Waals surface area contributed by atoms with Crippen LogP contribution in [0.4, 0.5) is 0 Å². The Morgan fingerprint density at radius 2 is 2.44 bits per heavy atom. The van der Waals surface area contributed by atoms with E-state index in [-0.39, 0.29) is 5.91 Å². The van der Waals surface area contributed by atoms with Crippen molar-refractivity contribution < 1.29 is 4.79 Å². The van der Waals surface area contributed by atoms with Crippen LogP contribution in [0.25, 0.3) is 10.9 Å². The van der Waals surface area contributed by atoms with Crippen molar-refractivity contribution in [2.75, 3.05) is 6.54 Å². The quantitative estimate of drug-likeness (QED) is 0.838. The second kappa shape index (κ2) is 4.43. The number of halogens is 2. The van der Waals surface area contributed by atoms with E-state index in [1.54, 1.807) is 12.3 Å². The van der Waals surface area contributed by atoms with Gasteiger partial charge in [0.2, 0.25) is 0 Å². The monoisotopic (exact) mass is 301 g/mol. The molecule has 0 bridgehead atoms. The fourth-order valence-corrected chi connectivity index (χ4v) is 2.04. The summed E-state index contributed by atoms with van der Waals surface area (Å²) in [5.41, 5.74) is 1.14. The largest absolute Gasteiger partial charge is 0.351 e. The SMILES string of the molecule is CCNC(=O)c1cc2c(Br)cnc(Cl)c2[nH]1. The number of nitrogens with zero attached hydrogens (tertiary/aromatic N) is 1. The van der Waals surface area contributed by atoms with Gasteiger partial charge in [-0.05, 0) is 28.9 Å². The van der Waals surface area contributed by atoms with Gasteiger partial charge >= 0.3 is 0 Å². The number of aromatic amines is 1. The Labute approximate surface area is 106 Å². The highest BCUT2D eigenvalue weighted by Crippen LogP contribution is 2.28. The molecule has 0 unspecified atom stereocenters. The maximum Gasteiger partial charge on any atom is 0.267 e. The van der Waals surface area contributed by atoms with Gasteiger partial charge in [-0.1, -0.05) is 11.6 Å². The molecule has 4 nitrogen and oxygen atoms in total. The summed E-state index contributed by atoms with van der Waals surface area (Å²) in [6.07, 6.45) is 1.61. The first kappa shape index (κ1) is 11.4. The Hall–Kier alpha value is -1.07. The number of hydrogen-bond donors (Lipinski definition) is 2. The Bertz CT molecular complexity index is 513. The van der Waals surface area contributed by atoms with Gasteiger partial charge in [0.1, 0.15) is 5.69 Å². The predicted octanol–water partition coefficient (Wildman–Crippen LogP) is 2.73. The summed E-state index contributed by atoms with van der Waals surface area (Å²) in [5.74, 6) is -0.151. The average Bonchev–Trinajstić information content (AvgIpc) is 2.70. The third-order valence-corrected chi connectivity index (χ3v) is 3.07. The lowest BCUT2D eigenvalue weighted by molar-refractivity contribution is 0.0951. The van der Waals surface area contributed by atoms with Gasteiger partial charge in [-0.3, -0.25) is 4.79 Å². The van der Waals surface area contributed by atoms with Gasteiger partial charge in [-0.15, -0.1) is 0 Å². The molecule has 0 aliphatic heterocycles. The summed E-state index contributed by atoms with van der Waals surface area (Å²) in [5, 5.41) is 3.92. The minimum Gasteiger partial charge on any atom is -0.351 e. The lowest BCUT2D eigenvalue weighted by atomic mass is 10.3. The first-order valence-corrected chi connectivity index (χ1v) is 5.91. The molecule has 0 atom stereocenters. The van der Waals surface area contributed by atoms with Gasteiger partial charge in [0.25, 0.3) is 5.91 Å². The van der Waals surface area contributed by atoms with Gasteiger partial charge < -0.3 is 10.3 Å². The van der Waals surface area contributed by atoms with Crippen molar-refractivity contribution in [3.8, 4) is 0 Å². The first-order chi connectivity index (χ1) is 7.63. The highest BCUT2D eigenvalue weighted by atomic mass is 79.9. The van der Waals surface area contributed by atoms with E-state index in [1.165, 1.54) is 0 Å². The van der Waals surface area contributed by atoms with Gasteiger partial charge in [-0.2, -0.15) is 0 Å². The summed E-state index contributed by atoms with van der Waals surface area (Å²) in [6, 6.07) is 1.75. The number of nitrogens with one attached hydrogen (secondary N) is 2. The molecule has 2 heterocycles. The van der Waals surface area contributed by atoms with Crippen LogP contribution >= 0.6 is 27.5 Å². The molecule has 0 aromatic carbocycles. The van der Waals surface area contributed by atoms with Gasteiger partial charge in [0.15, 0.2) is 5.15 Å². The topological polar surface area (TPSA) is 57.8 Å². The van der Waals surface area contributed by atoms with E-state index in [0.717, 1.165) is 9.86 Å². The Morgan fingerprint density at radius 3 is 3.06 bits per heavy atom. The highest BCUT2D eigenvalue weighted by molar-refractivity contribution is 9.10. The standard InChI is InChI=1S/C10H9BrClN3O/c1-2-13-10(16)7-3-5-6(11)4-14-9(12)8(5)15-7/h3-4,15H,2H2,1H3,(H,13,16). The summed E-state index contributed by atoms with van der Waals surface area (Å²) < 4.78 is 0.804. The number of hydrogen-bond acceptors (Lipinski definition) is 2. The molecule has 0 saturated heterocycles. The maximum absolute atomic E-state index is 11.6. The third kappa shape index (κ3) is 1.92. The summed E-state index contributed by atoms with van der Waals surface area (Å²) >= 11 is 9.29. The Morgan fingerprint density at radius 1 is 1.69 bits per heavy atom. The summed E-state index contributed by atoms with van der Waals surface area (Å²) in [6.45, 7) is 2.45. The van der Waals surface area contributed by atoms with Crippen LogP contribution in [0.2, 0.25) is 5.15 Å². The Balaban J connectivity index is 2.55. The van der Waals surface area contributed by atoms with Gasteiger partial charge in [-0.25, -0.2) is 4.98 Å². The van der Waals surface area contributed by atoms with Crippen LogP contribution in [-0.4, -0.2) is 22.4 Å². The maximum atomic E-state index is 11.6. The molecule has 2 N–H and O–H groups in total.